The van der Waals surface area contributed by atoms with Crippen molar-refractivity contribution in [2.75, 3.05) is 30.8 Å². The first-order valence-electron chi connectivity index (χ1n) is 5.96. The molecule has 0 saturated carbocycles. The maximum absolute atomic E-state index is 11.2. The highest BCUT2D eigenvalue weighted by atomic mass is 16.5. The number of anilines is 2. The van der Waals surface area contributed by atoms with Crippen LogP contribution in [-0.4, -0.2) is 41.1 Å². The Morgan fingerprint density at radius 1 is 1.26 bits per heavy atom. The molecule has 8 nitrogen and oxygen atoms in total. The Morgan fingerprint density at radius 3 is 2.32 bits per heavy atom. The van der Waals surface area contributed by atoms with Gasteiger partial charge in [-0.05, 0) is 20.8 Å². The first-order valence-corrected chi connectivity index (χ1v) is 5.96. The second kappa shape index (κ2) is 6.17. The number of nitrogens with zero attached hydrogens (tertiary/aromatic N) is 3. The van der Waals surface area contributed by atoms with E-state index < -0.39 is 11.3 Å². The first-order chi connectivity index (χ1) is 8.89. The average molecular weight is 268 g/mol. The number of carbonyl (C=O) groups is 1. The highest BCUT2D eigenvalue weighted by molar-refractivity contribution is 5.80. The summed E-state index contributed by atoms with van der Waals surface area (Å²) in [6.45, 7) is 6.41. The van der Waals surface area contributed by atoms with E-state index in [2.05, 4.69) is 25.6 Å². The molecule has 1 aromatic rings. The van der Waals surface area contributed by atoms with Gasteiger partial charge >= 0.3 is 6.01 Å². The molecule has 0 radical (unpaired) electrons. The number of primary amides is 1. The Balaban J connectivity index is 2.82. The standard InChI is InChI=1S/C11H20N6O2/c1-5-13-8-15-9(17-10(16-8)19-4)14-6-11(2,3)7(12)18/h5-6H2,1-4H3,(H2,12,18)(H2,13,14,15,16,17). The number of nitrogens with one attached hydrogen (secondary N) is 2. The molecule has 0 bridgehead atoms. The van der Waals surface area contributed by atoms with Gasteiger partial charge in [0.1, 0.15) is 0 Å². The number of methoxy groups -OCH3 is 1. The monoisotopic (exact) mass is 268 g/mol. The fraction of sp³-hybridized carbons (Fsp3) is 0.636. The fourth-order valence-corrected chi connectivity index (χ4v) is 1.15. The molecular formula is C11H20N6O2. The first kappa shape index (κ1) is 14.9. The second-order valence-corrected chi connectivity index (χ2v) is 4.60. The van der Waals surface area contributed by atoms with Crippen LogP contribution in [-0.2, 0) is 4.79 Å². The van der Waals surface area contributed by atoms with Crippen LogP contribution in [0.2, 0.25) is 0 Å². The van der Waals surface area contributed by atoms with Crippen molar-refractivity contribution in [3.8, 4) is 6.01 Å². The van der Waals surface area contributed by atoms with Gasteiger partial charge in [0.25, 0.3) is 0 Å². The molecule has 8 heteroatoms. The molecule has 0 aliphatic rings. The maximum Gasteiger partial charge on any atom is 0.322 e. The Kier molecular flexibility index (Phi) is 4.85. The van der Waals surface area contributed by atoms with E-state index in [9.17, 15) is 4.79 Å². The second-order valence-electron chi connectivity index (χ2n) is 4.60. The predicted molar refractivity (Wildman–Crippen MR) is 72.0 cm³/mol. The number of nitrogens with two attached hydrogens (primary N) is 1. The van der Waals surface area contributed by atoms with Crippen LogP contribution in [0.5, 0.6) is 6.01 Å². The summed E-state index contributed by atoms with van der Waals surface area (Å²) in [5.41, 5.74) is 4.60. The number of ether oxygens (including phenoxy) is 1. The van der Waals surface area contributed by atoms with Gasteiger partial charge in [0.15, 0.2) is 0 Å². The van der Waals surface area contributed by atoms with Gasteiger partial charge in [0.05, 0.1) is 12.5 Å². The Morgan fingerprint density at radius 2 is 1.84 bits per heavy atom. The van der Waals surface area contributed by atoms with Gasteiger partial charge in [-0.25, -0.2) is 0 Å². The number of aromatic nitrogens is 3. The predicted octanol–water partition coefficient (Wildman–Crippen LogP) is 0.235. The van der Waals surface area contributed by atoms with Crippen LogP contribution in [0.3, 0.4) is 0 Å². The van der Waals surface area contributed by atoms with E-state index in [0.29, 0.717) is 25.0 Å². The van der Waals surface area contributed by atoms with Crippen molar-refractivity contribution < 1.29 is 9.53 Å². The van der Waals surface area contributed by atoms with Gasteiger partial charge in [-0.3, -0.25) is 4.79 Å². The van der Waals surface area contributed by atoms with Gasteiger partial charge in [-0.2, -0.15) is 15.0 Å². The molecule has 0 fully saturated rings. The highest BCUT2D eigenvalue weighted by Gasteiger charge is 2.25. The molecule has 4 N–H and O–H groups in total. The molecule has 1 rings (SSSR count). The van der Waals surface area contributed by atoms with Gasteiger partial charge in [-0.15, -0.1) is 0 Å². The van der Waals surface area contributed by atoms with E-state index >= 15 is 0 Å². The summed E-state index contributed by atoms with van der Waals surface area (Å²) in [4.78, 5) is 23.5. The van der Waals surface area contributed by atoms with Crippen LogP contribution in [0.4, 0.5) is 11.9 Å². The van der Waals surface area contributed by atoms with Crippen molar-refractivity contribution in [3.05, 3.63) is 0 Å². The Labute approximate surface area is 112 Å². The molecule has 0 saturated heterocycles. The molecule has 19 heavy (non-hydrogen) atoms. The number of hydrogen-bond donors (Lipinski definition) is 3. The summed E-state index contributed by atoms with van der Waals surface area (Å²) < 4.78 is 4.99. The zero-order chi connectivity index (χ0) is 14.5. The van der Waals surface area contributed by atoms with E-state index in [1.807, 2.05) is 6.92 Å². The van der Waals surface area contributed by atoms with Crippen LogP contribution in [0.15, 0.2) is 0 Å². The van der Waals surface area contributed by atoms with Crippen LogP contribution >= 0.6 is 0 Å². The number of hydrogen-bond acceptors (Lipinski definition) is 7. The summed E-state index contributed by atoms with van der Waals surface area (Å²) >= 11 is 0. The van der Waals surface area contributed by atoms with E-state index in [4.69, 9.17) is 10.5 Å². The summed E-state index contributed by atoms with van der Waals surface area (Å²) in [5.74, 6) is 0.346. The van der Waals surface area contributed by atoms with Crippen molar-refractivity contribution in [1.29, 1.82) is 0 Å². The topological polar surface area (TPSA) is 115 Å². The van der Waals surface area contributed by atoms with Crippen molar-refractivity contribution in [2.24, 2.45) is 11.1 Å². The third-order valence-electron chi connectivity index (χ3n) is 2.49. The zero-order valence-corrected chi connectivity index (χ0v) is 11.6. The zero-order valence-electron chi connectivity index (χ0n) is 11.6. The lowest BCUT2D eigenvalue weighted by Crippen LogP contribution is -2.37. The molecule has 1 amide bonds. The van der Waals surface area contributed by atoms with E-state index in [1.165, 1.54) is 7.11 Å². The Bertz CT molecular complexity index is 449. The molecule has 0 aliphatic heterocycles. The van der Waals surface area contributed by atoms with Gasteiger partial charge < -0.3 is 21.1 Å². The summed E-state index contributed by atoms with van der Waals surface area (Å²) in [6.07, 6.45) is 0. The Hall–Kier alpha value is -2.12. The molecule has 0 spiro atoms. The molecule has 0 unspecified atom stereocenters. The number of amides is 1. The van der Waals surface area contributed by atoms with Crippen molar-refractivity contribution in [1.82, 2.24) is 15.0 Å². The quantitative estimate of drug-likeness (QED) is 0.648. The van der Waals surface area contributed by atoms with E-state index in [0.717, 1.165) is 0 Å². The minimum atomic E-state index is -0.696. The van der Waals surface area contributed by atoms with Crippen LogP contribution in [0.1, 0.15) is 20.8 Å². The lowest BCUT2D eigenvalue weighted by atomic mass is 9.93. The fourth-order valence-electron chi connectivity index (χ4n) is 1.15. The number of rotatable bonds is 7. The van der Waals surface area contributed by atoms with Crippen molar-refractivity contribution >= 4 is 17.8 Å². The SMILES string of the molecule is CCNc1nc(NCC(C)(C)C(N)=O)nc(OC)n1. The average Bonchev–Trinajstić information content (AvgIpc) is 2.36. The molecule has 1 heterocycles. The molecule has 0 atom stereocenters. The minimum absolute atomic E-state index is 0.199. The van der Waals surface area contributed by atoms with Gasteiger partial charge in [0.2, 0.25) is 17.8 Å². The molecule has 1 aromatic heterocycles. The van der Waals surface area contributed by atoms with Crippen LogP contribution in [0.25, 0.3) is 0 Å². The smallest absolute Gasteiger partial charge is 0.322 e. The molecular weight excluding hydrogens is 248 g/mol. The highest BCUT2D eigenvalue weighted by Crippen LogP contribution is 2.16. The van der Waals surface area contributed by atoms with Crippen molar-refractivity contribution in [2.45, 2.75) is 20.8 Å². The van der Waals surface area contributed by atoms with Crippen LogP contribution < -0.4 is 21.1 Å². The van der Waals surface area contributed by atoms with Crippen LogP contribution in [0, 0.1) is 5.41 Å². The summed E-state index contributed by atoms with van der Waals surface area (Å²) in [5, 5.41) is 5.93. The summed E-state index contributed by atoms with van der Waals surface area (Å²) in [7, 11) is 1.47. The maximum atomic E-state index is 11.2. The molecule has 0 aliphatic carbocycles. The lowest BCUT2D eigenvalue weighted by Gasteiger charge is -2.20. The van der Waals surface area contributed by atoms with Gasteiger partial charge in [0, 0.05) is 13.1 Å². The third-order valence-corrected chi connectivity index (χ3v) is 2.49. The normalized spacial score (nSPS) is 10.9. The van der Waals surface area contributed by atoms with Gasteiger partial charge in [-0.1, -0.05) is 0 Å². The largest absolute Gasteiger partial charge is 0.467 e. The third kappa shape index (κ3) is 4.23. The lowest BCUT2D eigenvalue weighted by molar-refractivity contribution is -0.125. The molecule has 106 valence electrons. The van der Waals surface area contributed by atoms with E-state index in [1.54, 1.807) is 13.8 Å². The summed E-state index contributed by atoms with van der Waals surface area (Å²) in [6, 6.07) is 0.199. The van der Waals surface area contributed by atoms with E-state index in [-0.39, 0.29) is 6.01 Å². The minimum Gasteiger partial charge on any atom is -0.467 e. The molecule has 0 aromatic carbocycles. The number of carbonyl (C=O) groups excluding carboxylic acids is 1. The van der Waals surface area contributed by atoms with Crippen molar-refractivity contribution in [3.63, 3.8) is 0 Å².